The highest BCUT2D eigenvalue weighted by Gasteiger charge is 2.31. The summed E-state index contributed by atoms with van der Waals surface area (Å²) in [5.41, 5.74) is 4.50. The molecule has 1 fully saturated rings. The third kappa shape index (κ3) is 1.72. The highest BCUT2D eigenvalue weighted by Crippen LogP contribution is 2.33. The standard InChI is InChI=1S/C14H18N2/c1-10-7-11(2)13(8-12(10)9-15)14(3)5-4-6-16-14/h7-8,16H,4-6H2,1-3H3. The summed E-state index contributed by atoms with van der Waals surface area (Å²) in [6.07, 6.45) is 2.37. The van der Waals surface area contributed by atoms with Crippen LogP contribution >= 0.6 is 0 Å². The molecule has 1 saturated heterocycles. The van der Waals surface area contributed by atoms with Crippen LogP contribution in [0.5, 0.6) is 0 Å². The zero-order chi connectivity index (χ0) is 11.8. The van der Waals surface area contributed by atoms with E-state index in [9.17, 15) is 0 Å². The average molecular weight is 214 g/mol. The summed E-state index contributed by atoms with van der Waals surface area (Å²) in [5, 5.41) is 12.6. The number of nitrogens with zero attached hydrogens (tertiary/aromatic N) is 1. The van der Waals surface area contributed by atoms with Gasteiger partial charge in [0.05, 0.1) is 11.6 Å². The quantitative estimate of drug-likeness (QED) is 0.780. The minimum absolute atomic E-state index is 0.0589. The van der Waals surface area contributed by atoms with Crippen LogP contribution in [0.4, 0.5) is 0 Å². The average Bonchev–Trinajstić information content (AvgIpc) is 2.66. The maximum absolute atomic E-state index is 9.09. The Bertz CT molecular complexity index is 449. The van der Waals surface area contributed by atoms with Crippen molar-refractivity contribution in [3.05, 3.63) is 34.4 Å². The molecular formula is C14H18N2. The van der Waals surface area contributed by atoms with Crippen molar-refractivity contribution in [3.8, 4) is 6.07 Å². The highest BCUT2D eigenvalue weighted by molar-refractivity contribution is 5.46. The van der Waals surface area contributed by atoms with Gasteiger partial charge in [-0.05, 0) is 62.9 Å². The van der Waals surface area contributed by atoms with Crippen LogP contribution in [0, 0.1) is 25.2 Å². The molecule has 0 spiro atoms. The van der Waals surface area contributed by atoms with E-state index in [1.54, 1.807) is 0 Å². The Morgan fingerprint density at radius 2 is 2.06 bits per heavy atom. The molecule has 0 aliphatic carbocycles. The lowest BCUT2D eigenvalue weighted by molar-refractivity contribution is 0.432. The Morgan fingerprint density at radius 1 is 1.31 bits per heavy atom. The fraction of sp³-hybridized carbons (Fsp3) is 0.500. The first-order valence-corrected chi connectivity index (χ1v) is 5.84. The molecule has 0 saturated carbocycles. The molecule has 1 aliphatic heterocycles. The van der Waals surface area contributed by atoms with Crippen molar-refractivity contribution in [2.45, 2.75) is 39.2 Å². The first-order chi connectivity index (χ1) is 7.57. The van der Waals surface area contributed by atoms with Crippen LogP contribution in [-0.4, -0.2) is 6.54 Å². The molecule has 2 rings (SSSR count). The molecule has 84 valence electrons. The third-order valence-corrected chi connectivity index (χ3v) is 3.65. The van der Waals surface area contributed by atoms with Gasteiger partial charge in [-0.3, -0.25) is 0 Å². The molecule has 1 aliphatic rings. The van der Waals surface area contributed by atoms with Crippen molar-refractivity contribution < 1.29 is 0 Å². The highest BCUT2D eigenvalue weighted by atomic mass is 15.0. The summed E-state index contributed by atoms with van der Waals surface area (Å²) in [4.78, 5) is 0. The lowest BCUT2D eigenvalue weighted by Gasteiger charge is -2.27. The summed E-state index contributed by atoms with van der Waals surface area (Å²) in [7, 11) is 0. The van der Waals surface area contributed by atoms with Crippen molar-refractivity contribution >= 4 is 0 Å². The van der Waals surface area contributed by atoms with E-state index in [1.165, 1.54) is 17.5 Å². The fourth-order valence-corrected chi connectivity index (χ4v) is 2.69. The van der Waals surface area contributed by atoms with Crippen LogP contribution in [0.25, 0.3) is 0 Å². The number of aryl methyl sites for hydroxylation is 2. The van der Waals surface area contributed by atoms with E-state index in [0.717, 1.165) is 24.1 Å². The molecule has 2 heteroatoms. The van der Waals surface area contributed by atoms with E-state index in [2.05, 4.69) is 37.4 Å². The van der Waals surface area contributed by atoms with Crippen molar-refractivity contribution in [1.29, 1.82) is 5.26 Å². The van der Waals surface area contributed by atoms with Crippen molar-refractivity contribution in [2.24, 2.45) is 0 Å². The first-order valence-electron chi connectivity index (χ1n) is 5.84. The van der Waals surface area contributed by atoms with Gasteiger partial charge >= 0.3 is 0 Å². The first kappa shape index (κ1) is 11.2. The second kappa shape index (κ2) is 3.92. The SMILES string of the molecule is Cc1cc(C)c(C2(C)CCCN2)cc1C#N. The Balaban J connectivity index is 2.53. The van der Waals surface area contributed by atoms with Crippen LogP contribution < -0.4 is 5.32 Å². The largest absolute Gasteiger partial charge is 0.308 e. The number of benzene rings is 1. The fourth-order valence-electron chi connectivity index (χ4n) is 2.69. The predicted octanol–water partition coefficient (Wildman–Crippen LogP) is 2.77. The van der Waals surface area contributed by atoms with Crippen LogP contribution in [0.15, 0.2) is 12.1 Å². The van der Waals surface area contributed by atoms with E-state index in [0.29, 0.717) is 0 Å². The van der Waals surface area contributed by atoms with Crippen molar-refractivity contribution in [2.75, 3.05) is 6.54 Å². The Morgan fingerprint density at radius 3 is 2.62 bits per heavy atom. The van der Waals surface area contributed by atoms with E-state index < -0.39 is 0 Å². The summed E-state index contributed by atoms with van der Waals surface area (Å²) in [6.45, 7) is 7.44. The topological polar surface area (TPSA) is 35.8 Å². The molecule has 1 atom stereocenters. The lowest BCUT2D eigenvalue weighted by Crippen LogP contribution is -2.34. The second-order valence-corrected chi connectivity index (χ2v) is 4.96. The second-order valence-electron chi connectivity index (χ2n) is 4.96. The maximum Gasteiger partial charge on any atom is 0.0994 e. The van der Waals surface area contributed by atoms with Crippen LogP contribution in [0.2, 0.25) is 0 Å². The molecule has 0 radical (unpaired) electrons. The number of hydrogen-bond acceptors (Lipinski definition) is 2. The summed E-state index contributed by atoms with van der Waals surface area (Å²) >= 11 is 0. The Hall–Kier alpha value is -1.33. The zero-order valence-electron chi connectivity index (χ0n) is 10.2. The maximum atomic E-state index is 9.09. The van der Waals surface area contributed by atoms with Gasteiger partial charge in [0.15, 0.2) is 0 Å². The number of rotatable bonds is 1. The number of nitriles is 1. The van der Waals surface area contributed by atoms with Gasteiger partial charge < -0.3 is 5.32 Å². The van der Waals surface area contributed by atoms with Gasteiger partial charge in [-0.1, -0.05) is 6.07 Å². The minimum atomic E-state index is 0.0589. The predicted molar refractivity (Wildman–Crippen MR) is 65.2 cm³/mol. The summed E-state index contributed by atoms with van der Waals surface area (Å²) < 4.78 is 0. The van der Waals surface area contributed by atoms with Crippen molar-refractivity contribution in [3.63, 3.8) is 0 Å². The van der Waals surface area contributed by atoms with E-state index >= 15 is 0 Å². The van der Waals surface area contributed by atoms with E-state index in [1.807, 2.05) is 6.92 Å². The van der Waals surface area contributed by atoms with Gasteiger partial charge in [-0.15, -0.1) is 0 Å². The van der Waals surface area contributed by atoms with Gasteiger partial charge in [0.25, 0.3) is 0 Å². The smallest absolute Gasteiger partial charge is 0.0994 e. The summed E-state index contributed by atoms with van der Waals surface area (Å²) in [6, 6.07) is 6.46. The van der Waals surface area contributed by atoms with Gasteiger partial charge in [0, 0.05) is 5.54 Å². The minimum Gasteiger partial charge on any atom is -0.308 e. The number of hydrogen-bond donors (Lipinski definition) is 1. The molecule has 1 aromatic rings. The van der Waals surface area contributed by atoms with E-state index in [4.69, 9.17) is 5.26 Å². The third-order valence-electron chi connectivity index (χ3n) is 3.65. The van der Waals surface area contributed by atoms with Crippen LogP contribution in [-0.2, 0) is 5.54 Å². The van der Waals surface area contributed by atoms with Gasteiger partial charge in [-0.25, -0.2) is 0 Å². The van der Waals surface area contributed by atoms with Crippen LogP contribution in [0.1, 0.15) is 42.0 Å². The molecule has 16 heavy (non-hydrogen) atoms. The van der Waals surface area contributed by atoms with E-state index in [-0.39, 0.29) is 5.54 Å². The Labute approximate surface area is 97.3 Å². The molecule has 0 aromatic heterocycles. The number of nitrogens with one attached hydrogen (secondary N) is 1. The molecule has 1 heterocycles. The zero-order valence-corrected chi connectivity index (χ0v) is 10.2. The molecule has 1 aromatic carbocycles. The van der Waals surface area contributed by atoms with Gasteiger partial charge in [-0.2, -0.15) is 5.26 Å². The normalized spacial score (nSPS) is 24.4. The Kier molecular flexibility index (Phi) is 2.73. The molecule has 1 unspecified atom stereocenters. The molecular weight excluding hydrogens is 196 g/mol. The molecule has 0 bridgehead atoms. The van der Waals surface area contributed by atoms with Gasteiger partial charge in [0.2, 0.25) is 0 Å². The molecule has 1 N–H and O–H groups in total. The molecule has 0 amide bonds. The van der Waals surface area contributed by atoms with Crippen molar-refractivity contribution in [1.82, 2.24) is 5.32 Å². The lowest BCUT2D eigenvalue weighted by atomic mass is 9.85. The molecule has 2 nitrogen and oxygen atoms in total. The van der Waals surface area contributed by atoms with Gasteiger partial charge in [0.1, 0.15) is 0 Å². The van der Waals surface area contributed by atoms with Crippen LogP contribution in [0.3, 0.4) is 0 Å². The summed E-state index contributed by atoms with van der Waals surface area (Å²) in [5.74, 6) is 0. The monoisotopic (exact) mass is 214 g/mol.